The van der Waals surface area contributed by atoms with E-state index in [1.165, 1.54) is 89.9 Å². The number of nitrogens with zero attached hydrogens (tertiary/aromatic N) is 1. The van der Waals surface area contributed by atoms with E-state index in [4.69, 9.17) is 12.2 Å². The zero-order valence-electron chi connectivity index (χ0n) is 17.4. The van der Waals surface area contributed by atoms with E-state index in [1.54, 1.807) is 0 Å². The van der Waals surface area contributed by atoms with Gasteiger partial charge in [-0.25, -0.2) is 0 Å². The number of hydrogen-bond donors (Lipinski definition) is 1. The summed E-state index contributed by atoms with van der Waals surface area (Å²) >= 11 is 5.42. The summed E-state index contributed by atoms with van der Waals surface area (Å²) < 4.78 is 0. The Hall–Kier alpha value is -0.640. The molecule has 0 atom stereocenters. The second-order valence-electron chi connectivity index (χ2n) is 8.04. The monoisotopic (exact) mass is 382 g/mol. The molecule has 1 aliphatic rings. The van der Waals surface area contributed by atoms with Gasteiger partial charge in [0.2, 0.25) is 5.91 Å². The summed E-state index contributed by atoms with van der Waals surface area (Å²) in [7, 11) is 2.03. The number of rotatable bonds is 13. The summed E-state index contributed by atoms with van der Waals surface area (Å²) in [6.45, 7) is 2.27. The molecule has 0 bridgehead atoms. The molecule has 0 unspecified atom stereocenters. The van der Waals surface area contributed by atoms with Gasteiger partial charge in [0.25, 0.3) is 0 Å². The van der Waals surface area contributed by atoms with Gasteiger partial charge in [-0.15, -0.1) is 0 Å². The number of carbonyl (C=O) groups is 1. The molecule has 1 saturated carbocycles. The SMILES string of the molecule is CCCCCCCCCCCCCC(=O)NC(=S)N(C)C1CCCCC1. The lowest BCUT2D eigenvalue weighted by Crippen LogP contribution is -2.46. The topological polar surface area (TPSA) is 32.3 Å². The van der Waals surface area contributed by atoms with E-state index in [0.29, 0.717) is 17.6 Å². The van der Waals surface area contributed by atoms with E-state index in [0.717, 1.165) is 12.8 Å². The summed E-state index contributed by atoms with van der Waals surface area (Å²) in [5.74, 6) is 0.0913. The predicted molar refractivity (Wildman–Crippen MR) is 116 cm³/mol. The second kappa shape index (κ2) is 15.4. The molecule has 1 amide bonds. The maximum absolute atomic E-state index is 12.1. The van der Waals surface area contributed by atoms with E-state index in [1.807, 2.05) is 7.05 Å². The van der Waals surface area contributed by atoms with E-state index < -0.39 is 0 Å². The van der Waals surface area contributed by atoms with Crippen molar-refractivity contribution in [2.75, 3.05) is 7.05 Å². The van der Waals surface area contributed by atoms with Crippen molar-refractivity contribution in [2.24, 2.45) is 0 Å². The third kappa shape index (κ3) is 11.2. The van der Waals surface area contributed by atoms with Crippen LogP contribution in [-0.2, 0) is 4.79 Å². The molecule has 4 heteroatoms. The molecule has 0 spiro atoms. The summed E-state index contributed by atoms with van der Waals surface area (Å²) in [6.07, 6.45) is 21.3. The van der Waals surface area contributed by atoms with Crippen LogP contribution in [0.3, 0.4) is 0 Å². The Labute approximate surface area is 167 Å². The van der Waals surface area contributed by atoms with E-state index in [9.17, 15) is 4.79 Å². The van der Waals surface area contributed by atoms with Crippen molar-refractivity contribution < 1.29 is 4.79 Å². The summed E-state index contributed by atoms with van der Waals surface area (Å²) in [5, 5.41) is 3.55. The summed E-state index contributed by atoms with van der Waals surface area (Å²) in [6, 6.07) is 0.513. The van der Waals surface area contributed by atoms with Crippen LogP contribution in [0.25, 0.3) is 0 Å². The average molecular weight is 383 g/mol. The second-order valence-corrected chi connectivity index (χ2v) is 8.43. The highest BCUT2D eigenvalue weighted by Gasteiger charge is 2.20. The molecule has 152 valence electrons. The van der Waals surface area contributed by atoms with Crippen LogP contribution in [0.2, 0.25) is 0 Å². The van der Waals surface area contributed by atoms with Crippen molar-refractivity contribution in [3.8, 4) is 0 Å². The van der Waals surface area contributed by atoms with E-state index in [-0.39, 0.29) is 5.91 Å². The quantitative estimate of drug-likeness (QED) is 0.297. The normalized spacial score (nSPS) is 15.0. The molecule has 1 N–H and O–H groups in total. The first-order valence-corrected chi connectivity index (χ1v) is 11.6. The molecule has 0 aromatic heterocycles. The lowest BCUT2D eigenvalue weighted by Gasteiger charge is -2.32. The third-order valence-electron chi connectivity index (χ3n) is 5.70. The molecule has 0 saturated heterocycles. The molecule has 0 radical (unpaired) electrons. The molecule has 1 fully saturated rings. The van der Waals surface area contributed by atoms with Gasteiger partial charge in [0, 0.05) is 19.5 Å². The number of carbonyl (C=O) groups excluding carboxylic acids is 1. The standard InChI is InChI=1S/C22H42N2OS/c1-3-4-5-6-7-8-9-10-11-12-16-19-21(25)23-22(26)24(2)20-17-14-13-15-18-20/h20H,3-19H2,1-2H3,(H,23,25,26). The van der Waals surface area contributed by atoms with Crippen molar-refractivity contribution in [3.63, 3.8) is 0 Å². The van der Waals surface area contributed by atoms with Crippen molar-refractivity contribution in [1.29, 1.82) is 0 Å². The average Bonchev–Trinajstić information content (AvgIpc) is 2.66. The van der Waals surface area contributed by atoms with Crippen LogP contribution >= 0.6 is 12.2 Å². The number of thiocarbonyl (C=S) groups is 1. The maximum Gasteiger partial charge on any atom is 0.226 e. The molecule has 1 aliphatic carbocycles. The van der Waals surface area contributed by atoms with E-state index >= 15 is 0 Å². The lowest BCUT2D eigenvalue weighted by molar-refractivity contribution is -0.119. The Kier molecular flexibility index (Phi) is 13.9. The Balaban J connectivity index is 1.95. The minimum absolute atomic E-state index is 0.0913. The first kappa shape index (κ1) is 23.4. The zero-order valence-corrected chi connectivity index (χ0v) is 18.2. The Morgan fingerprint density at radius 1 is 0.885 bits per heavy atom. The van der Waals surface area contributed by atoms with Gasteiger partial charge in [-0.1, -0.05) is 90.4 Å². The van der Waals surface area contributed by atoms with Crippen LogP contribution in [-0.4, -0.2) is 29.0 Å². The number of nitrogens with one attached hydrogen (secondary N) is 1. The van der Waals surface area contributed by atoms with Gasteiger partial charge in [-0.2, -0.15) is 0 Å². The fourth-order valence-electron chi connectivity index (χ4n) is 3.85. The van der Waals surface area contributed by atoms with Crippen molar-refractivity contribution in [1.82, 2.24) is 10.2 Å². The number of hydrogen-bond acceptors (Lipinski definition) is 2. The Morgan fingerprint density at radius 3 is 1.92 bits per heavy atom. The highest BCUT2D eigenvalue weighted by atomic mass is 32.1. The highest BCUT2D eigenvalue weighted by Crippen LogP contribution is 2.21. The molecule has 0 aromatic carbocycles. The third-order valence-corrected chi connectivity index (χ3v) is 6.09. The minimum atomic E-state index is 0.0913. The van der Waals surface area contributed by atoms with Crippen LogP contribution in [0.5, 0.6) is 0 Å². The van der Waals surface area contributed by atoms with Crippen LogP contribution in [0.4, 0.5) is 0 Å². The fraction of sp³-hybridized carbons (Fsp3) is 0.909. The van der Waals surface area contributed by atoms with E-state index in [2.05, 4.69) is 17.1 Å². The van der Waals surface area contributed by atoms with Gasteiger partial charge >= 0.3 is 0 Å². The van der Waals surface area contributed by atoms with Crippen molar-refractivity contribution in [2.45, 2.75) is 122 Å². The van der Waals surface area contributed by atoms with Crippen LogP contribution in [0, 0.1) is 0 Å². The molecular weight excluding hydrogens is 340 g/mol. The molecule has 3 nitrogen and oxygen atoms in total. The van der Waals surface area contributed by atoms with Gasteiger partial charge in [0.1, 0.15) is 0 Å². The van der Waals surface area contributed by atoms with Crippen molar-refractivity contribution >= 4 is 23.2 Å². The molecule has 1 rings (SSSR count). The highest BCUT2D eigenvalue weighted by molar-refractivity contribution is 7.80. The lowest BCUT2D eigenvalue weighted by atomic mass is 9.95. The van der Waals surface area contributed by atoms with Crippen LogP contribution in [0.1, 0.15) is 116 Å². The molecular formula is C22H42N2OS. The van der Waals surface area contributed by atoms with Crippen LogP contribution in [0.15, 0.2) is 0 Å². The predicted octanol–water partition coefficient (Wildman–Crippen LogP) is 6.35. The van der Waals surface area contributed by atoms with Gasteiger partial charge in [0.15, 0.2) is 5.11 Å². The summed E-state index contributed by atoms with van der Waals surface area (Å²) in [4.78, 5) is 14.2. The number of unbranched alkanes of at least 4 members (excludes halogenated alkanes) is 10. The smallest absolute Gasteiger partial charge is 0.226 e. The van der Waals surface area contributed by atoms with Crippen molar-refractivity contribution in [3.05, 3.63) is 0 Å². The first-order valence-electron chi connectivity index (χ1n) is 11.2. The Morgan fingerprint density at radius 2 is 1.38 bits per heavy atom. The molecule has 0 aromatic rings. The van der Waals surface area contributed by atoms with Gasteiger partial charge in [0.05, 0.1) is 0 Å². The maximum atomic E-state index is 12.1. The molecule has 26 heavy (non-hydrogen) atoms. The van der Waals surface area contributed by atoms with Gasteiger partial charge in [-0.05, 0) is 31.5 Å². The minimum Gasteiger partial charge on any atom is -0.349 e. The van der Waals surface area contributed by atoms with Gasteiger partial charge in [-0.3, -0.25) is 4.79 Å². The molecule has 0 heterocycles. The Bertz CT molecular complexity index is 380. The molecule has 0 aliphatic heterocycles. The van der Waals surface area contributed by atoms with Crippen LogP contribution < -0.4 is 5.32 Å². The fourth-order valence-corrected chi connectivity index (χ4v) is 4.12. The van der Waals surface area contributed by atoms with Gasteiger partial charge < -0.3 is 10.2 Å². The summed E-state index contributed by atoms with van der Waals surface area (Å²) in [5.41, 5.74) is 0. The zero-order chi connectivity index (χ0) is 19.0. The number of amides is 1. The first-order chi connectivity index (χ1) is 12.6. The largest absolute Gasteiger partial charge is 0.349 e.